The van der Waals surface area contributed by atoms with E-state index in [9.17, 15) is 0 Å². The Hall–Kier alpha value is -0.180. The van der Waals surface area contributed by atoms with Crippen molar-refractivity contribution in [2.45, 2.75) is 5.33 Å². The molecular weight excluding hydrogens is 275 g/mol. The molecule has 0 fully saturated rings. The Bertz CT molecular complexity index is 450. The number of hydrogen-bond acceptors (Lipinski definition) is 1. The first-order valence-corrected chi connectivity index (χ1v) is 5.52. The summed E-state index contributed by atoms with van der Waals surface area (Å²) in [5.41, 5.74) is 0.695. The third-order valence-electron chi connectivity index (χ3n) is 1.72. The second-order valence-electron chi connectivity index (χ2n) is 2.65. The quantitative estimate of drug-likeness (QED) is 0.694. The highest BCUT2D eigenvalue weighted by Gasteiger charge is 2.07. The van der Waals surface area contributed by atoms with Crippen molar-refractivity contribution >= 4 is 50.1 Å². The van der Waals surface area contributed by atoms with Crippen LogP contribution in [0.5, 0.6) is 0 Å². The van der Waals surface area contributed by atoms with Gasteiger partial charge in [-0.05, 0) is 18.2 Å². The van der Waals surface area contributed by atoms with Gasteiger partial charge in [-0.3, -0.25) is 0 Å². The fourth-order valence-corrected chi connectivity index (χ4v) is 2.02. The summed E-state index contributed by atoms with van der Waals surface area (Å²) >= 11 is 15.1. The van der Waals surface area contributed by atoms with Crippen LogP contribution in [0.1, 0.15) is 5.76 Å². The molecule has 13 heavy (non-hydrogen) atoms. The molecule has 0 saturated heterocycles. The molecule has 1 aromatic carbocycles. The highest BCUT2D eigenvalue weighted by atomic mass is 79.9. The molecule has 4 heteroatoms. The Labute approximate surface area is 93.7 Å². The van der Waals surface area contributed by atoms with E-state index < -0.39 is 0 Å². The van der Waals surface area contributed by atoms with Crippen LogP contribution in [0, 0.1) is 0 Å². The lowest BCUT2D eigenvalue weighted by Crippen LogP contribution is -1.67. The van der Waals surface area contributed by atoms with Gasteiger partial charge in [0.15, 0.2) is 5.58 Å². The summed E-state index contributed by atoms with van der Waals surface area (Å²) in [7, 11) is 0. The number of alkyl halides is 1. The minimum absolute atomic E-state index is 0.551. The number of rotatable bonds is 1. The fraction of sp³-hybridized carbons (Fsp3) is 0.111. The maximum atomic E-state index is 5.94. The molecule has 0 radical (unpaired) electrons. The molecule has 0 bridgehead atoms. The second-order valence-corrected chi connectivity index (χ2v) is 4.06. The maximum absolute atomic E-state index is 5.94. The van der Waals surface area contributed by atoms with Crippen LogP contribution >= 0.6 is 39.1 Å². The molecule has 0 amide bonds. The number of hydrogen-bond donors (Lipinski definition) is 0. The van der Waals surface area contributed by atoms with Crippen LogP contribution in [0.2, 0.25) is 10.0 Å². The zero-order chi connectivity index (χ0) is 9.42. The van der Waals surface area contributed by atoms with Crippen LogP contribution in [0.4, 0.5) is 0 Å². The van der Waals surface area contributed by atoms with E-state index >= 15 is 0 Å². The van der Waals surface area contributed by atoms with Gasteiger partial charge < -0.3 is 4.42 Å². The number of fused-ring (bicyclic) bond motifs is 1. The van der Waals surface area contributed by atoms with Crippen LogP contribution in [-0.2, 0) is 5.33 Å². The van der Waals surface area contributed by atoms with Crippen LogP contribution in [0.3, 0.4) is 0 Å². The summed E-state index contributed by atoms with van der Waals surface area (Å²) in [5, 5.41) is 2.79. The van der Waals surface area contributed by atoms with Crippen molar-refractivity contribution in [3.05, 3.63) is 34.0 Å². The van der Waals surface area contributed by atoms with E-state index in [0.717, 1.165) is 11.1 Å². The largest absolute Gasteiger partial charge is 0.459 e. The molecule has 2 rings (SSSR count). The van der Waals surface area contributed by atoms with Crippen molar-refractivity contribution in [1.29, 1.82) is 0 Å². The molecule has 2 aromatic rings. The van der Waals surface area contributed by atoms with Crippen LogP contribution in [-0.4, -0.2) is 0 Å². The Balaban J connectivity index is 2.75. The van der Waals surface area contributed by atoms with E-state index in [1.54, 1.807) is 6.07 Å². The predicted molar refractivity (Wildman–Crippen MR) is 58.9 cm³/mol. The molecule has 0 spiro atoms. The summed E-state index contributed by atoms with van der Waals surface area (Å²) in [6, 6.07) is 5.42. The smallest absolute Gasteiger partial charge is 0.152 e. The van der Waals surface area contributed by atoms with Crippen molar-refractivity contribution in [2.24, 2.45) is 0 Å². The molecule has 0 saturated carbocycles. The standard InChI is InChI=1S/C9H5BrCl2O/c10-4-7-2-5-1-6(11)3-8(12)9(5)13-7/h1-3H,4H2. The summed E-state index contributed by atoms with van der Waals surface area (Å²) in [4.78, 5) is 0. The van der Waals surface area contributed by atoms with E-state index in [1.807, 2.05) is 12.1 Å². The topological polar surface area (TPSA) is 13.1 Å². The Morgan fingerprint density at radius 3 is 2.69 bits per heavy atom. The van der Waals surface area contributed by atoms with Crippen molar-refractivity contribution in [1.82, 2.24) is 0 Å². The van der Waals surface area contributed by atoms with Crippen molar-refractivity contribution < 1.29 is 4.42 Å². The lowest BCUT2D eigenvalue weighted by atomic mass is 10.2. The summed E-state index contributed by atoms with van der Waals surface area (Å²) in [5.74, 6) is 0.846. The van der Waals surface area contributed by atoms with Crippen LogP contribution < -0.4 is 0 Å². The number of furan rings is 1. The van der Waals surface area contributed by atoms with E-state index in [-0.39, 0.29) is 0 Å². The SMILES string of the molecule is Clc1cc(Cl)c2oc(CBr)cc2c1. The average Bonchev–Trinajstić information content (AvgIpc) is 2.47. The highest BCUT2D eigenvalue weighted by Crippen LogP contribution is 2.30. The molecule has 68 valence electrons. The minimum Gasteiger partial charge on any atom is -0.459 e. The van der Waals surface area contributed by atoms with Gasteiger partial charge in [0, 0.05) is 10.4 Å². The molecule has 1 nitrogen and oxygen atoms in total. The number of halogens is 3. The Morgan fingerprint density at radius 2 is 2.00 bits per heavy atom. The minimum atomic E-state index is 0.551. The van der Waals surface area contributed by atoms with Gasteiger partial charge in [-0.15, -0.1) is 0 Å². The molecule has 0 aliphatic carbocycles. The first-order valence-electron chi connectivity index (χ1n) is 3.64. The summed E-state index contributed by atoms with van der Waals surface area (Å²) < 4.78 is 5.47. The van der Waals surface area contributed by atoms with Crippen molar-refractivity contribution in [3.63, 3.8) is 0 Å². The molecule has 0 unspecified atom stereocenters. The molecular formula is C9H5BrCl2O. The Morgan fingerprint density at radius 1 is 1.23 bits per heavy atom. The van der Waals surface area contributed by atoms with Crippen LogP contribution in [0.15, 0.2) is 22.6 Å². The van der Waals surface area contributed by atoms with E-state index in [2.05, 4.69) is 15.9 Å². The van der Waals surface area contributed by atoms with Gasteiger partial charge in [-0.25, -0.2) is 0 Å². The van der Waals surface area contributed by atoms with Gasteiger partial charge in [0.1, 0.15) is 5.76 Å². The molecule has 1 heterocycles. The van der Waals surface area contributed by atoms with E-state index in [4.69, 9.17) is 27.6 Å². The molecule has 1 aromatic heterocycles. The fourth-order valence-electron chi connectivity index (χ4n) is 1.20. The summed E-state index contributed by atoms with van der Waals surface area (Å²) in [6.07, 6.45) is 0. The maximum Gasteiger partial charge on any atom is 0.152 e. The monoisotopic (exact) mass is 278 g/mol. The van der Waals surface area contributed by atoms with Gasteiger partial charge in [0.05, 0.1) is 10.4 Å². The molecule has 0 aliphatic rings. The second kappa shape index (κ2) is 3.52. The van der Waals surface area contributed by atoms with Gasteiger partial charge in [-0.1, -0.05) is 39.1 Å². The molecule has 0 aliphatic heterocycles. The van der Waals surface area contributed by atoms with Crippen LogP contribution in [0.25, 0.3) is 11.0 Å². The predicted octanol–water partition coefficient (Wildman–Crippen LogP) is 4.63. The van der Waals surface area contributed by atoms with E-state index in [1.165, 1.54) is 0 Å². The normalized spacial score (nSPS) is 11.0. The number of benzene rings is 1. The zero-order valence-electron chi connectivity index (χ0n) is 6.48. The van der Waals surface area contributed by atoms with Crippen molar-refractivity contribution in [2.75, 3.05) is 0 Å². The van der Waals surface area contributed by atoms with Gasteiger partial charge in [0.25, 0.3) is 0 Å². The molecule has 0 N–H and O–H groups in total. The van der Waals surface area contributed by atoms with Crippen molar-refractivity contribution in [3.8, 4) is 0 Å². The summed E-state index contributed by atoms with van der Waals surface area (Å²) in [6.45, 7) is 0. The van der Waals surface area contributed by atoms with Gasteiger partial charge in [0.2, 0.25) is 0 Å². The highest BCUT2D eigenvalue weighted by molar-refractivity contribution is 9.08. The van der Waals surface area contributed by atoms with Gasteiger partial charge >= 0.3 is 0 Å². The lowest BCUT2D eigenvalue weighted by molar-refractivity contribution is 0.575. The first kappa shape index (κ1) is 9.38. The van der Waals surface area contributed by atoms with E-state index in [0.29, 0.717) is 21.0 Å². The van der Waals surface area contributed by atoms with Gasteiger partial charge in [-0.2, -0.15) is 0 Å². The Kier molecular flexibility index (Phi) is 2.54. The zero-order valence-corrected chi connectivity index (χ0v) is 9.58. The average molecular weight is 280 g/mol. The third kappa shape index (κ3) is 1.71. The third-order valence-corrected chi connectivity index (χ3v) is 2.77. The molecule has 0 atom stereocenters. The lowest BCUT2D eigenvalue weighted by Gasteiger charge is -1.93. The first-order chi connectivity index (χ1) is 6.20.